The summed E-state index contributed by atoms with van der Waals surface area (Å²) in [6.07, 6.45) is 1.49. The van der Waals surface area contributed by atoms with Gasteiger partial charge in [0.25, 0.3) is 0 Å². The summed E-state index contributed by atoms with van der Waals surface area (Å²) < 4.78 is 19.3. The Bertz CT molecular complexity index is 700. The molecule has 7 heteroatoms. The van der Waals surface area contributed by atoms with Gasteiger partial charge in [-0.1, -0.05) is 6.92 Å². The summed E-state index contributed by atoms with van der Waals surface area (Å²) in [6, 6.07) is 7.13. The Morgan fingerprint density at radius 1 is 1.39 bits per heavy atom. The van der Waals surface area contributed by atoms with Crippen LogP contribution in [0.3, 0.4) is 0 Å². The molecular weight excluding hydrogens is 303 g/mol. The van der Waals surface area contributed by atoms with Gasteiger partial charge in [-0.15, -0.1) is 0 Å². The van der Waals surface area contributed by atoms with Crippen molar-refractivity contribution in [3.63, 3.8) is 0 Å². The van der Waals surface area contributed by atoms with Crippen molar-refractivity contribution in [1.82, 2.24) is 4.90 Å². The summed E-state index contributed by atoms with van der Waals surface area (Å²) >= 11 is 0. The average molecular weight is 320 g/mol. The number of rotatable bonds is 5. The lowest BCUT2D eigenvalue weighted by molar-refractivity contribution is -0.141. The molecule has 0 fully saturated rings. The minimum atomic E-state index is -1.00. The number of hydrogen-bond donors (Lipinski definition) is 2. The van der Waals surface area contributed by atoms with Crippen LogP contribution in [0.15, 0.2) is 41.0 Å². The van der Waals surface area contributed by atoms with Crippen molar-refractivity contribution in [3.8, 4) is 11.3 Å². The summed E-state index contributed by atoms with van der Waals surface area (Å²) in [5.41, 5.74) is 0.568. The summed E-state index contributed by atoms with van der Waals surface area (Å²) in [5.74, 6) is -1.79. The van der Waals surface area contributed by atoms with Gasteiger partial charge in [0.15, 0.2) is 0 Å². The van der Waals surface area contributed by atoms with Crippen molar-refractivity contribution in [3.05, 3.63) is 42.4 Å². The van der Waals surface area contributed by atoms with E-state index in [-0.39, 0.29) is 12.2 Å². The molecular formula is C16H17FN2O4. The van der Waals surface area contributed by atoms with Crippen LogP contribution in [-0.4, -0.2) is 35.6 Å². The highest BCUT2D eigenvalue weighted by molar-refractivity contribution is 5.90. The smallest absolute Gasteiger partial charge is 0.321 e. The second-order valence-corrected chi connectivity index (χ2v) is 5.22. The van der Waals surface area contributed by atoms with Crippen molar-refractivity contribution >= 4 is 17.7 Å². The van der Waals surface area contributed by atoms with E-state index in [0.717, 1.165) is 0 Å². The number of anilines is 1. The molecule has 122 valence electrons. The zero-order valence-corrected chi connectivity index (χ0v) is 12.7. The van der Waals surface area contributed by atoms with E-state index in [9.17, 15) is 14.0 Å². The highest BCUT2D eigenvalue weighted by atomic mass is 19.1. The fraction of sp³-hybridized carbons (Fsp3) is 0.250. The van der Waals surface area contributed by atoms with Crippen LogP contribution in [0.4, 0.5) is 14.9 Å². The molecule has 23 heavy (non-hydrogen) atoms. The lowest BCUT2D eigenvalue weighted by atomic mass is 10.1. The SMILES string of the molecule is CC(CN(C)C(=O)Nc1ccc(-c2ccco2)cc1F)C(=O)O. The third kappa shape index (κ3) is 4.09. The minimum Gasteiger partial charge on any atom is -0.481 e. The van der Waals surface area contributed by atoms with Crippen LogP contribution in [0.25, 0.3) is 11.3 Å². The third-order valence-corrected chi connectivity index (χ3v) is 3.33. The molecule has 0 saturated carbocycles. The van der Waals surface area contributed by atoms with Crippen LogP contribution in [0.5, 0.6) is 0 Å². The van der Waals surface area contributed by atoms with Gasteiger partial charge in [-0.25, -0.2) is 9.18 Å². The van der Waals surface area contributed by atoms with E-state index in [0.29, 0.717) is 11.3 Å². The van der Waals surface area contributed by atoms with Gasteiger partial charge in [0, 0.05) is 19.2 Å². The molecule has 1 atom stereocenters. The zero-order chi connectivity index (χ0) is 17.0. The molecule has 2 rings (SSSR count). The number of nitrogens with one attached hydrogen (secondary N) is 1. The van der Waals surface area contributed by atoms with Gasteiger partial charge in [-0.2, -0.15) is 0 Å². The van der Waals surface area contributed by atoms with Crippen molar-refractivity contribution in [2.45, 2.75) is 6.92 Å². The number of hydrogen-bond acceptors (Lipinski definition) is 3. The summed E-state index contributed by atoms with van der Waals surface area (Å²) in [5, 5.41) is 11.3. The van der Waals surface area contributed by atoms with Gasteiger partial charge in [0.1, 0.15) is 11.6 Å². The number of benzene rings is 1. The predicted molar refractivity (Wildman–Crippen MR) is 82.6 cm³/mol. The fourth-order valence-corrected chi connectivity index (χ4v) is 1.99. The first-order valence-corrected chi connectivity index (χ1v) is 6.97. The number of carboxylic acids is 1. The lowest BCUT2D eigenvalue weighted by Gasteiger charge is -2.20. The fourth-order valence-electron chi connectivity index (χ4n) is 1.99. The van der Waals surface area contributed by atoms with Crippen molar-refractivity contribution < 1.29 is 23.5 Å². The van der Waals surface area contributed by atoms with Gasteiger partial charge < -0.3 is 19.7 Å². The van der Waals surface area contributed by atoms with Crippen LogP contribution < -0.4 is 5.32 Å². The quantitative estimate of drug-likeness (QED) is 0.885. The predicted octanol–water partition coefficient (Wildman–Crippen LogP) is 3.27. The number of aliphatic carboxylic acids is 1. The molecule has 6 nitrogen and oxygen atoms in total. The lowest BCUT2D eigenvalue weighted by Crippen LogP contribution is -2.36. The Morgan fingerprint density at radius 2 is 2.13 bits per heavy atom. The molecule has 2 N–H and O–H groups in total. The summed E-state index contributed by atoms with van der Waals surface area (Å²) in [4.78, 5) is 24.0. The molecule has 0 bridgehead atoms. The Balaban J connectivity index is 2.05. The molecule has 2 amide bonds. The molecule has 0 spiro atoms. The van der Waals surface area contributed by atoms with Crippen molar-refractivity contribution in [2.75, 3.05) is 18.9 Å². The summed E-state index contributed by atoms with van der Waals surface area (Å²) in [7, 11) is 1.45. The number of carbonyl (C=O) groups excluding carboxylic acids is 1. The van der Waals surface area contributed by atoms with Crippen molar-refractivity contribution in [2.24, 2.45) is 5.92 Å². The normalized spacial score (nSPS) is 11.8. The second kappa shape index (κ2) is 6.95. The van der Waals surface area contributed by atoms with E-state index in [4.69, 9.17) is 9.52 Å². The monoisotopic (exact) mass is 320 g/mol. The van der Waals surface area contributed by atoms with E-state index < -0.39 is 23.7 Å². The number of carboxylic acid groups (broad SMARTS) is 1. The van der Waals surface area contributed by atoms with Gasteiger partial charge in [0.2, 0.25) is 0 Å². The van der Waals surface area contributed by atoms with E-state index >= 15 is 0 Å². The largest absolute Gasteiger partial charge is 0.481 e. The number of nitrogens with zero attached hydrogens (tertiary/aromatic N) is 1. The molecule has 1 aromatic heterocycles. The Labute approximate surface area is 132 Å². The molecule has 2 aromatic rings. The molecule has 1 aromatic carbocycles. The van der Waals surface area contributed by atoms with E-state index in [1.807, 2.05) is 0 Å². The van der Waals surface area contributed by atoms with Crippen LogP contribution in [0, 0.1) is 11.7 Å². The molecule has 1 unspecified atom stereocenters. The first-order valence-electron chi connectivity index (χ1n) is 6.97. The molecule has 0 saturated heterocycles. The van der Waals surface area contributed by atoms with Crippen molar-refractivity contribution in [1.29, 1.82) is 0 Å². The highest BCUT2D eigenvalue weighted by Crippen LogP contribution is 2.24. The van der Waals surface area contributed by atoms with Gasteiger partial charge in [-0.3, -0.25) is 4.79 Å². The van der Waals surface area contributed by atoms with Crippen LogP contribution in [-0.2, 0) is 4.79 Å². The van der Waals surface area contributed by atoms with Crippen LogP contribution >= 0.6 is 0 Å². The molecule has 0 aliphatic heterocycles. The van der Waals surface area contributed by atoms with E-state index in [1.165, 1.54) is 37.3 Å². The number of amides is 2. The van der Waals surface area contributed by atoms with Gasteiger partial charge in [-0.05, 0) is 30.3 Å². The molecule has 0 aliphatic rings. The zero-order valence-electron chi connectivity index (χ0n) is 12.7. The summed E-state index contributed by atoms with van der Waals surface area (Å²) in [6.45, 7) is 1.51. The van der Waals surface area contributed by atoms with Gasteiger partial charge >= 0.3 is 12.0 Å². The first kappa shape index (κ1) is 16.5. The van der Waals surface area contributed by atoms with Crippen LogP contribution in [0.2, 0.25) is 0 Å². The number of carbonyl (C=O) groups is 2. The third-order valence-electron chi connectivity index (χ3n) is 3.33. The number of halogens is 1. The first-order chi connectivity index (χ1) is 10.9. The second-order valence-electron chi connectivity index (χ2n) is 5.22. The van der Waals surface area contributed by atoms with E-state index in [2.05, 4.69) is 5.32 Å². The van der Waals surface area contributed by atoms with E-state index in [1.54, 1.807) is 18.2 Å². The standard InChI is InChI=1S/C16H17FN2O4/c1-10(15(20)21)9-19(2)16(22)18-13-6-5-11(8-12(13)17)14-4-3-7-23-14/h3-8,10H,9H2,1-2H3,(H,18,22)(H,20,21). The average Bonchev–Trinajstić information content (AvgIpc) is 3.03. The number of urea groups is 1. The highest BCUT2D eigenvalue weighted by Gasteiger charge is 2.18. The maximum Gasteiger partial charge on any atom is 0.321 e. The Kier molecular flexibility index (Phi) is 5.00. The molecule has 1 heterocycles. The molecule has 0 radical (unpaired) electrons. The Hall–Kier alpha value is -2.83. The number of furan rings is 1. The van der Waals surface area contributed by atoms with Gasteiger partial charge in [0.05, 0.1) is 17.9 Å². The maximum atomic E-state index is 14.1. The van der Waals surface area contributed by atoms with Crippen LogP contribution in [0.1, 0.15) is 6.92 Å². The maximum absolute atomic E-state index is 14.1. The topological polar surface area (TPSA) is 82.8 Å². The molecule has 0 aliphatic carbocycles. The Morgan fingerprint density at radius 3 is 2.70 bits per heavy atom. The minimum absolute atomic E-state index is 0.0140.